The van der Waals surface area contributed by atoms with Gasteiger partial charge in [-0.05, 0) is 40.2 Å². The summed E-state index contributed by atoms with van der Waals surface area (Å²) in [6, 6.07) is 7.29. The molecule has 22 heavy (non-hydrogen) atoms. The van der Waals surface area contributed by atoms with Crippen LogP contribution in [-0.2, 0) is 0 Å². The van der Waals surface area contributed by atoms with E-state index < -0.39 is 0 Å². The molecule has 0 unspecified atom stereocenters. The number of hydrogen-bond acceptors (Lipinski definition) is 4. The van der Waals surface area contributed by atoms with Crippen molar-refractivity contribution in [2.45, 2.75) is 0 Å². The highest BCUT2D eigenvalue weighted by Gasteiger charge is 2.22. The van der Waals surface area contributed by atoms with Gasteiger partial charge >= 0.3 is 0 Å². The van der Waals surface area contributed by atoms with E-state index in [1.807, 2.05) is 17.0 Å². The largest absolute Gasteiger partial charge is 0.353 e. The molecule has 0 atom stereocenters. The first-order valence-corrected chi connectivity index (χ1v) is 8.08. The molecule has 3 heterocycles. The highest BCUT2D eigenvalue weighted by Crippen LogP contribution is 2.17. The molecule has 5 nitrogen and oxygen atoms in total. The van der Waals surface area contributed by atoms with Crippen molar-refractivity contribution in [3.05, 3.63) is 51.8 Å². The van der Waals surface area contributed by atoms with E-state index in [9.17, 15) is 4.79 Å². The molecule has 1 aliphatic heterocycles. The Morgan fingerprint density at radius 1 is 1.05 bits per heavy atom. The van der Waals surface area contributed by atoms with Gasteiger partial charge in [-0.2, -0.15) is 0 Å². The fourth-order valence-electron chi connectivity index (χ4n) is 2.38. The SMILES string of the molecule is O=C(c1ccc(Br)nc1)N1CCN(c2ccc(Cl)cn2)CC1. The third kappa shape index (κ3) is 3.39. The fraction of sp³-hybridized carbons (Fsp3) is 0.267. The number of halogens is 2. The van der Waals surface area contributed by atoms with Crippen molar-refractivity contribution >= 4 is 39.3 Å². The topological polar surface area (TPSA) is 49.3 Å². The molecule has 0 spiro atoms. The molecule has 1 saturated heterocycles. The molecule has 7 heteroatoms. The van der Waals surface area contributed by atoms with Gasteiger partial charge in [-0.25, -0.2) is 9.97 Å². The summed E-state index contributed by atoms with van der Waals surface area (Å²) < 4.78 is 0.725. The molecule has 0 radical (unpaired) electrons. The Morgan fingerprint density at radius 2 is 1.82 bits per heavy atom. The average molecular weight is 382 g/mol. The van der Waals surface area contributed by atoms with Crippen LogP contribution in [0.25, 0.3) is 0 Å². The van der Waals surface area contributed by atoms with Gasteiger partial charge < -0.3 is 9.80 Å². The molecule has 0 saturated carbocycles. The Labute approximate surface area is 142 Å². The third-order valence-corrected chi connectivity index (χ3v) is 4.27. The lowest BCUT2D eigenvalue weighted by Crippen LogP contribution is -2.49. The average Bonchev–Trinajstić information content (AvgIpc) is 2.56. The number of nitrogens with zero attached hydrogens (tertiary/aromatic N) is 4. The smallest absolute Gasteiger partial charge is 0.255 e. The Kier molecular flexibility index (Phi) is 4.59. The molecule has 2 aromatic rings. The standard InChI is InChI=1S/C15H14BrClN4O/c16-13-3-1-11(9-18-13)15(22)21-7-5-20(6-8-21)14-4-2-12(17)10-19-14/h1-4,9-10H,5-8H2. The van der Waals surface area contributed by atoms with Gasteiger partial charge in [-0.15, -0.1) is 0 Å². The number of rotatable bonds is 2. The fourth-order valence-corrected chi connectivity index (χ4v) is 2.72. The highest BCUT2D eigenvalue weighted by molar-refractivity contribution is 9.10. The van der Waals surface area contributed by atoms with Gasteiger partial charge in [-0.1, -0.05) is 11.6 Å². The summed E-state index contributed by atoms with van der Waals surface area (Å²) in [4.78, 5) is 24.8. The minimum Gasteiger partial charge on any atom is -0.353 e. The first-order valence-electron chi connectivity index (χ1n) is 6.91. The number of carbonyl (C=O) groups excluding carboxylic acids is 1. The highest BCUT2D eigenvalue weighted by atomic mass is 79.9. The van der Waals surface area contributed by atoms with Gasteiger partial charge in [0.2, 0.25) is 0 Å². The molecule has 0 N–H and O–H groups in total. The van der Waals surface area contributed by atoms with E-state index in [4.69, 9.17) is 11.6 Å². The van der Waals surface area contributed by atoms with Crippen LogP contribution in [0.4, 0.5) is 5.82 Å². The quantitative estimate of drug-likeness (QED) is 0.751. The first-order chi connectivity index (χ1) is 10.6. The second-order valence-electron chi connectivity index (χ2n) is 4.98. The van der Waals surface area contributed by atoms with Crippen LogP contribution in [0.2, 0.25) is 5.02 Å². The number of hydrogen-bond donors (Lipinski definition) is 0. The van der Waals surface area contributed by atoms with Gasteiger partial charge in [0.15, 0.2) is 0 Å². The normalized spacial score (nSPS) is 15.0. The van der Waals surface area contributed by atoms with Gasteiger partial charge in [-0.3, -0.25) is 4.79 Å². The minimum absolute atomic E-state index is 0.0173. The first kappa shape index (κ1) is 15.2. The van der Waals surface area contributed by atoms with Crippen molar-refractivity contribution in [3.63, 3.8) is 0 Å². The van der Waals surface area contributed by atoms with E-state index in [1.54, 1.807) is 24.5 Å². The number of piperazine rings is 1. The Hall–Kier alpha value is -1.66. The number of aromatic nitrogens is 2. The van der Waals surface area contributed by atoms with E-state index in [0.29, 0.717) is 23.7 Å². The van der Waals surface area contributed by atoms with Crippen molar-refractivity contribution < 1.29 is 4.79 Å². The summed E-state index contributed by atoms with van der Waals surface area (Å²) in [5.74, 6) is 0.908. The third-order valence-electron chi connectivity index (χ3n) is 3.58. The Morgan fingerprint density at radius 3 is 2.41 bits per heavy atom. The molecular formula is C15H14BrClN4O. The van der Waals surface area contributed by atoms with Crippen LogP contribution in [0.1, 0.15) is 10.4 Å². The molecule has 1 amide bonds. The summed E-state index contributed by atoms with van der Waals surface area (Å²) in [6.07, 6.45) is 3.24. The summed E-state index contributed by atoms with van der Waals surface area (Å²) in [6.45, 7) is 2.84. The van der Waals surface area contributed by atoms with E-state index in [2.05, 4.69) is 30.8 Å². The van der Waals surface area contributed by atoms with E-state index in [-0.39, 0.29) is 5.91 Å². The molecule has 3 rings (SSSR count). The number of pyridine rings is 2. The van der Waals surface area contributed by atoms with Crippen LogP contribution >= 0.6 is 27.5 Å². The molecule has 0 aliphatic carbocycles. The van der Waals surface area contributed by atoms with Gasteiger partial charge in [0.1, 0.15) is 10.4 Å². The predicted molar refractivity (Wildman–Crippen MR) is 89.3 cm³/mol. The summed E-state index contributed by atoms with van der Waals surface area (Å²) >= 11 is 9.12. The summed E-state index contributed by atoms with van der Waals surface area (Å²) in [5.41, 5.74) is 0.612. The van der Waals surface area contributed by atoms with Crippen LogP contribution in [0, 0.1) is 0 Å². The second kappa shape index (κ2) is 6.62. The molecule has 2 aromatic heterocycles. The van der Waals surface area contributed by atoms with Crippen LogP contribution in [-0.4, -0.2) is 47.0 Å². The van der Waals surface area contributed by atoms with Crippen molar-refractivity contribution in [2.75, 3.05) is 31.1 Å². The van der Waals surface area contributed by atoms with E-state index >= 15 is 0 Å². The Bertz CT molecular complexity index is 654. The van der Waals surface area contributed by atoms with Crippen LogP contribution in [0.3, 0.4) is 0 Å². The number of amides is 1. The molecule has 1 aliphatic rings. The van der Waals surface area contributed by atoms with Crippen molar-refractivity contribution in [2.24, 2.45) is 0 Å². The maximum atomic E-state index is 12.4. The van der Waals surface area contributed by atoms with Gasteiger partial charge in [0, 0.05) is 38.6 Å². The molecular weight excluding hydrogens is 368 g/mol. The number of anilines is 1. The van der Waals surface area contributed by atoms with Crippen LogP contribution in [0.15, 0.2) is 41.3 Å². The molecule has 1 fully saturated rings. The summed E-state index contributed by atoms with van der Waals surface area (Å²) in [5, 5.41) is 0.625. The van der Waals surface area contributed by atoms with Gasteiger partial charge in [0.25, 0.3) is 5.91 Å². The zero-order chi connectivity index (χ0) is 15.5. The zero-order valence-corrected chi connectivity index (χ0v) is 14.1. The summed E-state index contributed by atoms with van der Waals surface area (Å²) in [7, 11) is 0. The van der Waals surface area contributed by atoms with Crippen molar-refractivity contribution in [1.29, 1.82) is 0 Å². The van der Waals surface area contributed by atoms with Crippen molar-refractivity contribution in [3.8, 4) is 0 Å². The molecule has 0 bridgehead atoms. The maximum absolute atomic E-state index is 12.4. The molecule has 0 aromatic carbocycles. The molecule has 114 valence electrons. The lowest BCUT2D eigenvalue weighted by molar-refractivity contribution is 0.0746. The maximum Gasteiger partial charge on any atom is 0.255 e. The number of carbonyl (C=O) groups is 1. The van der Waals surface area contributed by atoms with Crippen LogP contribution < -0.4 is 4.90 Å². The lowest BCUT2D eigenvalue weighted by atomic mass is 10.2. The monoisotopic (exact) mass is 380 g/mol. The van der Waals surface area contributed by atoms with E-state index in [1.165, 1.54) is 0 Å². The van der Waals surface area contributed by atoms with Gasteiger partial charge in [0.05, 0.1) is 10.6 Å². The minimum atomic E-state index is 0.0173. The Balaban J connectivity index is 1.62. The second-order valence-corrected chi connectivity index (χ2v) is 6.23. The van der Waals surface area contributed by atoms with Crippen LogP contribution in [0.5, 0.6) is 0 Å². The predicted octanol–water partition coefficient (Wildman–Crippen LogP) is 2.85. The lowest BCUT2D eigenvalue weighted by Gasteiger charge is -2.35. The van der Waals surface area contributed by atoms with Crippen molar-refractivity contribution in [1.82, 2.24) is 14.9 Å². The zero-order valence-electron chi connectivity index (χ0n) is 11.7. The van der Waals surface area contributed by atoms with E-state index in [0.717, 1.165) is 23.5 Å².